The summed E-state index contributed by atoms with van der Waals surface area (Å²) in [5.74, 6) is -0.753. The second kappa shape index (κ2) is 9.97. The number of para-hydroxylation sites is 1. The Morgan fingerprint density at radius 3 is 2.58 bits per heavy atom. The molecule has 1 unspecified atom stereocenters. The largest absolute Gasteiger partial charge is 0.477 e. The molecule has 0 saturated carbocycles. The second-order valence-electron chi connectivity index (χ2n) is 8.26. The molecule has 13 heteroatoms. The normalized spacial score (nSPS) is 17.7. The van der Waals surface area contributed by atoms with Crippen LogP contribution in [0.1, 0.15) is 17.3 Å². The molecular weight excluding hydrogens is 543 g/mol. The van der Waals surface area contributed by atoms with Gasteiger partial charge in [-0.15, -0.1) is 5.10 Å². The van der Waals surface area contributed by atoms with Crippen LogP contribution in [0.4, 0.5) is 5.82 Å². The molecule has 9 nitrogen and oxygen atoms in total. The molecule has 1 fully saturated rings. The van der Waals surface area contributed by atoms with Crippen LogP contribution in [0.15, 0.2) is 57.7 Å². The Kier molecular flexibility index (Phi) is 6.90. The van der Waals surface area contributed by atoms with Crippen molar-refractivity contribution in [3.05, 3.63) is 68.7 Å². The zero-order valence-corrected chi connectivity index (χ0v) is 22.3. The molecular formula is C23H20Cl2N6O3S2. The van der Waals surface area contributed by atoms with Gasteiger partial charge >= 0.3 is 5.97 Å². The smallest absolute Gasteiger partial charge is 0.342 e. The third-order valence-corrected chi connectivity index (χ3v) is 8.46. The first-order valence-corrected chi connectivity index (χ1v) is 13.8. The molecule has 4 heterocycles. The van der Waals surface area contributed by atoms with E-state index in [0.717, 1.165) is 0 Å². The van der Waals surface area contributed by atoms with Crippen molar-refractivity contribution in [1.82, 2.24) is 24.1 Å². The van der Waals surface area contributed by atoms with Crippen LogP contribution in [0, 0.1) is 5.92 Å². The fraction of sp³-hybridized carbons (Fsp3) is 0.261. The van der Waals surface area contributed by atoms with Crippen LogP contribution in [-0.2, 0) is 0 Å². The molecule has 36 heavy (non-hydrogen) atoms. The maximum absolute atomic E-state index is 13.5. The minimum atomic E-state index is -1.18. The highest BCUT2D eigenvalue weighted by Crippen LogP contribution is 2.37. The fourth-order valence-electron chi connectivity index (χ4n) is 4.20. The summed E-state index contributed by atoms with van der Waals surface area (Å²) < 4.78 is 3.07. The zero-order valence-electron chi connectivity index (χ0n) is 19.1. The summed E-state index contributed by atoms with van der Waals surface area (Å²) in [5.41, 5.74) is 0.601. The fourth-order valence-corrected chi connectivity index (χ4v) is 6.35. The zero-order chi connectivity index (χ0) is 25.6. The predicted molar refractivity (Wildman–Crippen MR) is 143 cm³/mol. The Balaban J connectivity index is 1.54. The van der Waals surface area contributed by atoms with Crippen LogP contribution < -0.4 is 10.5 Å². The van der Waals surface area contributed by atoms with Crippen molar-refractivity contribution >= 4 is 64.0 Å². The predicted octanol–water partition coefficient (Wildman–Crippen LogP) is 4.62. The molecule has 1 aliphatic heterocycles. The van der Waals surface area contributed by atoms with Crippen LogP contribution in [-0.4, -0.2) is 59.8 Å². The highest BCUT2D eigenvalue weighted by molar-refractivity contribution is 7.99. The molecule has 1 N–H and O–H groups in total. The Morgan fingerprint density at radius 1 is 1.14 bits per heavy atom. The lowest BCUT2D eigenvalue weighted by molar-refractivity contribution is 0.0696. The molecule has 0 radical (unpaired) electrons. The van der Waals surface area contributed by atoms with Crippen molar-refractivity contribution in [2.24, 2.45) is 5.92 Å². The number of carboxylic acids is 1. The molecule has 1 aromatic carbocycles. The number of hydrogen-bond acceptors (Lipinski definition) is 8. The van der Waals surface area contributed by atoms with Gasteiger partial charge in [-0.3, -0.25) is 9.36 Å². The number of halogens is 2. The molecule has 0 amide bonds. The number of anilines is 1. The van der Waals surface area contributed by atoms with E-state index in [9.17, 15) is 14.7 Å². The molecule has 2 atom stereocenters. The first-order chi connectivity index (χ1) is 17.3. The van der Waals surface area contributed by atoms with Gasteiger partial charge in [-0.05, 0) is 30.4 Å². The van der Waals surface area contributed by atoms with Crippen LogP contribution in [0.5, 0.6) is 0 Å². The van der Waals surface area contributed by atoms with Crippen LogP contribution in [0.3, 0.4) is 0 Å². The second-order valence-corrected chi connectivity index (χ2v) is 11.0. The summed E-state index contributed by atoms with van der Waals surface area (Å²) in [6.45, 7) is 3.13. The molecule has 186 valence electrons. The van der Waals surface area contributed by atoms with Gasteiger partial charge in [0.2, 0.25) is 0 Å². The number of fused-ring (bicyclic) bond motifs is 1. The van der Waals surface area contributed by atoms with Gasteiger partial charge in [-0.1, -0.05) is 71.8 Å². The number of carboxylic acid groups (broad SMARTS) is 1. The first-order valence-electron chi connectivity index (χ1n) is 10.9. The number of thioether (sulfide) groups is 2. The van der Waals surface area contributed by atoms with Gasteiger partial charge in [0.25, 0.3) is 5.56 Å². The van der Waals surface area contributed by atoms with Crippen molar-refractivity contribution in [1.29, 1.82) is 0 Å². The van der Waals surface area contributed by atoms with E-state index in [1.807, 2.05) is 35.2 Å². The topological polar surface area (TPSA) is 106 Å². The Bertz CT molecular complexity index is 1530. The molecule has 1 saturated heterocycles. The van der Waals surface area contributed by atoms with E-state index in [1.165, 1.54) is 28.0 Å². The van der Waals surface area contributed by atoms with Gasteiger partial charge in [0.1, 0.15) is 22.1 Å². The number of aromatic carboxylic acids is 1. The Morgan fingerprint density at radius 2 is 1.89 bits per heavy atom. The summed E-state index contributed by atoms with van der Waals surface area (Å²) in [5, 5.41) is 15.6. The minimum Gasteiger partial charge on any atom is -0.477 e. The van der Waals surface area contributed by atoms with E-state index in [0.29, 0.717) is 45.4 Å². The van der Waals surface area contributed by atoms with E-state index in [2.05, 4.69) is 16.9 Å². The summed E-state index contributed by atoms with van der Waals surface area (Å²) in [6.07, 6.45) is 3.47. The molecule has 4 aromatic rings. The number of carbonyl (C=O) groups is 1. The number of nitrogens with zero attached hydrogens (tertiary/aromatic N) is 6. The van der Waals surface area contributed by atoms with Gasteiger partial charge in [-0.2, -0.15) is 0 Å². The van der Waals surface area contributed by atoms with Crippen LogP contribution >= 0.6 is 46.7 Å². The van der Waals surface area contributed by atoms with E-state index >= 15 is 0 Å². The molecule has 1 aliphatic rings. The van der Waals surface area contributed by atoms with Gasteiger partial charge in [0.15, 0.2) is 10.3 Å². The summed E-state index contributed by atoms with van der Waals surface area (Å²) in [7, 11) is 0. The maximum Gasteiger partial charge on any atom is 0.342 e. The molecule has 0 aliphatic carbocycles. The van der Waals surface area contributed by atoms with Crippen molar-refractivity contribution in [2.45, 2.75) is 22.5 Å². The van der Waals surface area contributed by atoms with E-state index < -0.39 is 5.97 Å². The van der Waals surface area contributed by atoms with Crippen molar-refractivity contribution in [3.8, 4) is 5.69 Å². The number of aromatic nitrogens is 5. The molecule has 3 aromatic heterocycles. The minimum absolute atomic E-state index is 0.0107. The maximum atomic E-state index is 13.5. The van der Waals surface area contributed by atoms with E-state index in [4.69, 9.17) is 28.3 Å². The average Bonchev–Trinajstić information content (AvgIpc) is 3.41. The standard InChI is InChI=1S/C23H20Cl2N6O3S2/c1-12-10-29(19-16(21(33)34)18(25)26-22(27-19)35-2)11-15(12)36-23-28-30-9-8-14(24)17(30)20(32)31(23)13-6-4-3-5-7-13/h3-9,12,15H,10-11H2,1-2H3,(H,33,34)/t12-,15?/m0/s1. The summed E-state index contributed by atoms with van der Waals surface area (Å²) >= 11 is 15.3. The highest BCUT2D eigenvalue weighted by Gasteiger charge is 2.36. The van der Waals surface area contributed by atoms with Gasteiger partial charge < -0.3 is 10.0 Å². The summed E-state index contributed by atoms with van der Waals surface area (Å²) in [6, 6.07) is 10.9. The van der Waals surface area contributed by atoms with Crippen LogP contribution in [0.25, 0.3) is 11.2 Å². The lowest BCUT2D eigenvalue weighted by Gasteiger charge is -2.20. The Hall–Kier alpha value is -2.73. The number of rotatable bonds is 6. The van der Waals surface area contributed by atoms with Gasteiger partial charge in [0.05, 0.1) is 10.7 Å². The lowest BCUT2D eigenvalue weighted by atomic mass is 10.1. The van der Waals surface area contributed by atoms with E-state index in [1.54, 1.807) is 23.1 Å². The quantitative estimate of drug-likeness (QED) is 0.204. The Labute approximate surface area is 224 Å². The van der Waals surface area contributed by atoms with Gasteiger partial charge in [0, 0.05) is 24.5 Å². The highest BCUT2D eigenvalue weighted by atomic mass is 35.5. The molecule has 0 bridgehead atoms. The van der Waals surface area contributed by atoms with Gasteiger partial charge in [-0.25, -0.2) is 19.3 Å². The van der Waals surface area contributed by atoms with Crippen molar-refractivity contribution in [2.75, 3.05) is 24.2 Å². The first kappa shape index (κ1) is 24.9. The number of benzene rings is 1. The summed E-state index contributed by atoms with van der Waals surface area (Å²) in [4.78, 5) is 35.9. The monoisotopic (exact) mass is 562 g/mol. The van der Waals surface area contributed by atoms with Crippen molar-refractivity contribution < 1.29 is 9.90 Å². The van der Waals surface area contributed by atoms with Crippen LogP contribution in [0.2, 0.25) is 10.2 Å². The molecule has 5 rings (SSSR count). The number of hydrogen-bond donors (Lipinski definition) is 1. The molecule has 0 spiro atoms. The average molecular weight is 563 g/mol. The third-order valence-electron chi connectivity index (χ3n) is 5.94. The van der Waals surface area contributed by atoms with Crippen molar-refractivity contribution in [3.63, 3.8) is 0 Å². The third kappa shape index (κ3) is 4.45. The van der Waals surface area contributed by atoms with E-state index in [-0.39, 0.29) is 27.4 Å². The SMILES string of the molecule is CSc1nc(Cl)c(C(=O)O)c(N2CC(Sc3nn4ccc(Cl)c4c(=O)n3-c3ccccc3)[C@@H](C)C2)n1. The lowest BCUT2D eigenvalue weighted by Crippen LogP contribution is -2.27.